The largest absolute Gasteiger partial charge is 0.369 e. The standard InChI is InChI=1S/C15H17F2NO3S/c1-2-7-21-11-12-3-5-18(6-4-12)22(19,20)15-9-13(16)8-14(17)10-15/h1,8-10,12H,3-7,11H2. The van der Waals surface area contributed by atoms with E-state index in [-0.39, 0.29) is 17.4 Å². The maximum absolute atomic E-state index is 13.2. The summed E-state index contributed by atoms with van der Waals surface area (Å²) in [5.41, 5.74) is 0. The first-order valence-electron chi connectivity index (χ1n) is 6.91. The van der Waals surface area contributed by atoms with Gasteiger partial charge in [0.05, 0.1) is 11.5 Å². The third kappa shape index (κ3) is 4.03. The van der Waals surface area contributed by atoms with Gasteiger partial charge in [-0.05, 0) is 30.9 Å². The summed E-state index contributed by atoms with van der Waals surface area (Å²) in [4.78, 5) is -0.355. The van der Waals surface area contributed by atoms with E-state index in [0.29, 0.717) is 38.6 Å². The van der Waals surface area contributed by atoms with Gasteiger partial charge in [-0.3, -0.25) is 0 Å². The number of terminal acetylenes is 1. The predicted octanol–water partition coefficient (Wildman–Crippen LogP) is 2.02. The fourth-order valence-corrected chi connectivity index (χ4v) is 3.94. The molecule has 22 heavy (non-hydrogen) atoms. The Morgan fingerprint density at radius 3 is 2.36 bits per heavy atom. The molecule has 0 unspecified atom stereocenters. The van der Waals surface area contributed by atoms with E-state index in [0.717, 1.165) is 12.1 Å². The Morgan fingerprint density at radius 1 is 1.23 bits per heavy atom. The van der Waals surface area contributed by atoms with E-state index in [1.165, 1.54) is 4.31 Å². The molecule has 0 amide bonds. The molecule has 1 fully saturated rings. The predicted molar refractivity (Wildman–Crippen MR) is 77.5 cm³/mol. The summed E-state index contributed by atoms with van der Waals surface area (Å²) in [5.74, 6) is 0.800. The summed E-state index contributed by atoms with van der Waals surface area (Å²) >= 11 is 0. The van der Waals surface area contributed by atoms with Crippen molar-refractivity contribution < 1.29 is 21.9 Å². The second kappa shape index (κ2) is 7.18. The van der Waals surface area contributed by atoms with Crippen LogP contribution in [0.1, 0.15) is 12.8 Å². The van der Waals surface area contributed by atoms with Crippen LogP contribution in [-0.4, -0.2) is 39.0 Å². The Kier molecular flexibility index (Phi) is 5.51. The topological polar surface area (TPSA) is 46.6 Å². The number of nitrogens with zero attached hydrogens (tertiary/aromatic N) is 1. The van der Waals surface area contributed by atoms with Crippen molar-refractivity contribution >= 4 is 10.0 Å². The molecule has 1 aromatic carbocycles. The molecule has 120 valence electrons. The van der Waals surface area contributed by atoms with Gasteiger partial charge in [0.1, 0.15) is 18.2 Å². The van der Waals surface area contributed by atoms with Crippen molar-refractivity contribution in [3.05, 3.63) is 29.8 Å². The van der Waals surface area contributed by atoms with E-state index in [1.54, 1.807) is 0 Å². The second-order valence-corrected chi connectivity index (χ2v) is 7.11. The number of hydrogen-bond donors (Lipinski definition) is 0. The minimum absolute atomic E-state index is 0.237. The van der Waals surface area contributed by atoms with Crippen molar-refractivity contribution in [1.82, 2.24) is 4.31 Å². The Hall–Kier alpha value is -1.49. The zero-order valence-electron chi connectivity index (χ0n) is 12.0. The lowest BCUT2D eigenvalue weighted by Gasteiger charge is -2.31. The van der Waals surface area contributed by atoms with Crippen molar-refractivity contribution in [2.75, 3.05) is 26.3 Å². The third-order valence-corrected chi connectivity index (χ3v) is 5.46. The highest BCUT2D eigenvalue weighted by atomic mass is 32.2. The summed E-state index contributed by atoms with van der Waals surface area (Å²) in [7, 11) is -3.88. The molecule has 0 radical (unpaired) electrons. The van der Waals surface area contributed by atoms with E-state index in [2.05, 4.69) is 5.92 Å². The van der Waals surface area contributed by atoms with Crippen molar-refractivity contribution in [2.24, 2.45) is 5.92 Å². The summed E-state index contributed by atoms with van der Waals surface area (Å²) in [6, 6.07) is 2.31. The average molecular weight is 329 g/mol. The van der Waals surface area contributed by atoms with E-state index >= 15 is 0 Å². The van der Waals surface area contributed by atoms with Crippen molar-refractivity contribution in [3.63, 3.8) is 0 Å². The number of ether oxygens (including phenoxy) is 1. The number of benzene rings is 1. The minimum Gasteiger partial charge on any atom is -0.369 e. The van der Waals surface area contributed by atoms with E-state index in [4.69, 9.17) is 11.2 Å². The normalized spacial score (nSPS) is 17.3. The van der Waals surface area contributed by atoms with Crippen LogP contribution in [0, 0.1) is 29.9 Å². The highest BCUT2D eigenvalue weighted by Gasteiger charge is 2.30. The fourth-order valence-electron chi connectivity index (χ4n) is 2.43. The van der Waals surface area contributed by atoms with Crippen LogP contribution in [0.5, 0.6) is 0 Å². The zero-order valence-corrected chi connectivity index (χ0v) is 12.8. The molecule has 0 saturated carbocycles. The van der Waals surface area contributed by atoms with Gasteiger partial charge in [-0.25, -0.2) is 17.2 Å². The SMILES string of the molecule is C#CCOCC1CCN(S(=O)(=O)c2cc(F)cc(F)c2)CC1. The third-order valence-electron chi connectivity index (χ3n) is 3.59. The van der Waals surface area contributed by atoms with Crippen LogP contribution in [0.4, 0.5) is 8.78 Å². The van der Waals surface area contributed by atoms with E-state index < -0.39 is 21.7 Å². The van der Waals surface area contributed by atoms with Gasteiger partial charge in [0, 0.05) is 19.2 Å². The first-order chi connectivity index (χ1) is 10.4. The van der Waals surface area contributed by atoms with Crippen LogP contribution in [0.15, 0.2) is 23.1 Å². The molecule has 0 atom stereocenters. The average Bonchev–Trinajstić information content (AvgIpc) is 2.47. The Balaban J connectivity index is 2.02. The molecule has 1 heterocycles. The molecule has 2 rings (SSSR count). The molecule has 4 nitrogen and oxygen atoms in total. The molecule has 0 aliphatic carbocycles. The summed E-state index contributed by atoms with van der Waals surface area (Å²) in [6.07, 6.45) is 6.34. The molecule has 7 heteroatoms. The molecule has 1 saturated heterocycles. The lowest BCUT2D eigenvalue weighted by Crippen LogP contribution is -2.39. The van der Waals surface area contributed by atoms with Crippen LogP contribution in [0.2, 0.25) is 0 Å². The quantitative estimate of drug-likeness (QED) is 0.613. The zero-order chi connectivity index (χ0) is 16.2. The number of rotatable bonds is 5. The first kappa shape index (κ1) is 16.9. The van der Waals surface area contributed by atoms with Crippen molar-refractivity contribution in [1.29, 1.82) is 0 Å². The molecule has 1 aliphatic rings. The molecule has 0 bridgehead atoms. The molecular formula is C15H17F2NO3S. The van der Waals surface area contributed by atoms with Crippen LogP contribution in [-0.2, 0) is 14.8 Å². The van der Waals surface area contributed by atoms with E-state index in [1.807, 2.05) is 0 Å². The van der Waals surface area contributed by atoms with Gasteiger partial charge in [0.25, 0.3) is 0 Å². The van der Waals surface area contributed by atoms with Gasteiger partial charge >= 0.3 is 0 Å². The molecule has 0 spiro atoms. The Morgan fingerprint density at radius 2 is 1.82 bits per heavy atom. The summed E-state index contributed by atoms with van der Waals surface area (Å²) < 4.78 is 57.7. The second-order valence-electron chi connectivity index (χ2n) is 5.17. The highest BCUT2D eigenvalue weighted by molar-refractivity contribution is 7.89. The molecule has 0 aromatic heterocycles. The smallest absolute Gasteiger partial charge is 0.243 e. The van der Waals surface area contributed by atoms with Crippen molar-refractivity contribution in [2.45, 2.75) is 17.7 Å². The molecular weight excluding hydrogens is 312 g/mol. The van der Waals surface area contributed by atoms with Crippen molar-refractivity contribution in [3.8, 4) is 12.3 Å². The summed E-state index contributed by atoms with van der Waals surface area (Å²) in [5, 5.41) is 0. The fraction of sp³-hybridized carbons (Fsp3) is 0.467. The first-order valence-corrected chi connectivity index (χ1v) is 8.35. The van der Waals surface area contributed by atoms with Crippen LogP contribution >= 0.6 is 0 Å². The maximum Gasteiger partial charge on any atom is 0.243 e. The molecule has 1 aliphatic heterocycles. The highest BCUT2D eigenvalue weighted by Crippen LogP contribution is 2.25. The van der Waals surface area contributed by atoms with E-state index in [9.17, 15) is 17.2 Å². The van der Waals surface area contributed by atoms with Gasteiger partial charge in [-0.2, -0.15) is 4.31 Å². The number of sulfonamides is 1. The van der Waals surface area contributed by atoms with Gasteiger partial charge < -0.3 is 4.74 Å². The number of hydrogen-bond acceptors (Lipinski definition) is 3. The van der Waals surface area contributed by atoms with Crippen LogP contribution in [0.25, 0.3) is 0 Å². The lowest BCUT2D eigenvalue weighted by atomic mass is 9.99. The Bertz CT molecular complexity index is 642. The van der Waals surface area contributed by atoms with Crippen LogP contribution in [0.3, 0.4) is 0 Å². The monoisotopic (exact) mass is 329 g/mol. The maximum atomic E-state index is 13.2. The molecule has 1 aromatic rings. The minimum atomic E-state index is -3.88. The Labute approximate surface area is 129 Å². The van der Waals surface area contributed by atoms with Gasteiger partial charge in [-0.1, -0.05) is 5.92 Å². The number of halogens is 2. The van der Waals surface area contributed by atoms with Gasteiger partial charge in [0.15, 0.2) is 0 Å². The summed E-state index contributed by atoms with van der Waals surface area (Å²) in [6.45, 7) is 1.32. The molecule has 0 N–H and O–H groups in total. The number of piperidine rings is 1. The van der Waals surface area contributed by atoms with Gasteiger partial charge in [-0.15, -0.1) is 6.42 Å². The van der Waals surface area contributed by atoms with Gasteiger partial charge in [0.2, 0.25) is 10.0 Å². The van der Waals surface area contributed by atoms with Crippen LogP contribution < -0.4 is 0 Å². The lowest BCUT2D eigenvalue weighted by molar-refractivity contribution is 0.101.